The molecule has 0 radical (unpaired) electrons. The summed E-state index contributed by atoms with van der Waals surface area (Å²) in [7, 11) is 0. The summed E-state index contributed by atoms with van der Waals surface area (Å²) in [5.41, 5.74) is 2.41. The molecule has 19 heavy (non-hydrogen) atoms. The molecule has 2 aromatic rings. The van der Waals surface area contributed by atoms with E-state index in [9.17, 15) is 0 Å². The molecule has 0 atom stereocenters. The summed E-state index contributed by atoms with van der Waals surface area (Å²) in [6, 6.07) is 16.3. The quantitative estimate of drug-likeness (QED) is 0.670. The van der Waals surface area contributed by atoms with Gasteiger partial charge in [0.25, 0.3) is 0 Å². The Morgan fingerprint density at radius 3 is 2.53 bits per heavy atom. The molecule has 0 amide bonds. The van der Waals surface area contributed by atoms with Gasteiger partial charge in [-0.3, -0.25) is 0 Å². The van der Waals surface area contributed by atoms with Gasteiger partial charge in [0, 0.05) is 10.6 Å². The van der Waals surface area contributed by atoms with Gasteiger partial charge >= 0.3 is 0 Å². The van der Waals surface area contributed by atoms with Crippen LogP contribution in [0, 0.1) is 6.92 Å². The lowest BCUT2D eigenvalue weighted by atomic mass is 10.1. The molecule has 0 unspecified atom stereocenters. The second-order valence-electron chi connectivity index (χ2n) is 4.65. The van der Waals surface area contributed by atoms with Crippen LogP contribution in [-0.4, -0.2) is 6.61 Å². The Bertz CT molecular complexity index is 508. The summed E-state index contributed by atoms with van der Waals surface area (Å²) < 4.78 is 5.77. The fourth-order valence-corrected chi connectivity index (χ4v) is 2.17. The molecule has 1 nitrogen and oxygen atoms in total. The van der Waals surface area contributed by atoms with E-state index in [1.54, 1.807) is 0 Å². The Balaban J connectivity index is 1.71. The minimum Gasteiger partial charge on any atom is -0.493 e. The number of hydrogen-bond acceptors (Lipinski definition) is 1. The number of ether oxygens (including phenoxy) is 1. The molecule has 2 rings (SSSR count). The normalized spacial score (nSPS) is 10.4. The van der Waals surface area contributed by atoms with Gasteiger partial charge in [0.05, 0.1) is 6.61 Å². The van der Waals surface area contributed by atoms with E-state index in [1.165, 1.54) is 5.56 Å². The van der Waals surface area contributed by atoms with E-state index in [0.29, 0.717) is 0 Å². The van der Waals surface area contributed by atoms with Gasteiger partial charge in [-0.05, 0) is 43.9 Å². The van der Waals surface area contributed by atoms with E-state index in [1.807, 2.05) is 25.1 Å². The maximum Gasteiger partial charge on any atom is 0.123 e. The molecule has 0 aliphatic rings. The molecular formula is C17H19ClO. The van der Waals surface area contributed by atoms with Crippen molar-refractivity contribution in [3.63, 3.8) is 0 Å². The van der Waals surface area contributed by atoms with Gasteiger partial charge in [-0.1, -0.05) is 48.0 Å². The van der Waals surface area contributed by atoms with Crippen LogP contribution in [-0.2, 0) is 6.42 Å². The Morgan fingerprint density at radius 1 is 0.947 bits per heavy atom. The Morgan fingerprint density at radius 2 is 1.74 bits per heavy atom. The Hall–Kier alpha value is -1.47. The smallest absolute Gasteiger partial charge is 0.123 e. The van der Waals surface area contributed by atoms with Crippen molar-refractivity contribution in [2.75, 3.05) is 6.61 Å². The van der Waals surface area contributed by atoms with Crippen LogP contribution in [0.5, 0.6) is 5.75 Å². The zero-order valence-corrected chi connectivity index (χ0v) is 12.0. The molecule has 0 N–H and O–H groups in total. The van der Waals surface area contributed by atoms with Crippen LogP contribution >= 0.6 is 11.6 Å². The molecule has 0 aliphatic carbocycles. The molecule has 0 heterocycles. The first kappa shape index (κ1) is 14.0. The minimum absolute atomic E-state index is 0.744. The zero-order chi connectivity index (χ0) is 13.5. The Labute approximate surface area is 120 Å². The summed E-state index contributed by atoms with van der Waals surface area (Å²) in [5, 5.41) is 0.766. The summed E-state index contributed by atoms with van der Waals surface area (Å²) in [5.74, 6) is 0.896. The maximum atomic E-state index is 6.05. The second kappa shape index (κ2) is 7.20. The number of benzene rings is 2. The average molecular weight is 275 g/mol. The molecule has 2 heteroatoms. The van der Waals surface area contributed by atoms with Gasteiger partial charge in [0.2, 0.25) is 0 Å². The third-order valence-corrected chi connectivity index (χ3v) is 3.59. The van der Waals surface area contributed by atoms with Gasteiger partial charge < -0.3 is 4.74 Å². The third-order valence-electron chi connectivity index (χ3n) is 3.18. The molecule has 0 spiro atoms. The highest BCUT2D eigenvalue weighted by Crippen LogP contribution is 2.25. The van der Waals surface area contributed by atoms with Crippen molar-refractivity contribution in [2.45, 2.75) is 26.2 Å². The van der Waals surface area contributed by atoms with Crippen molar-refractivity contribution in [3.8, 4) is 5.75 Å². The second-order valence-corrected chi connectivity index (χ2v) is 5.06. The van der Waals surface area contributed by atoms with Gasteiger partial charge in [0.15, 0.2) is 0 Å². The molecule has 0 aliphatic heterocycles. The van der Waals surface area contributed by atoms with Crippen molar-refractivity contribution >= 4 is 11.6 Å². The fraction of sp³-hybridized carbons (Fsp3) is 0.294. The molecule has 0 fully saturated rings. The fourth-order valence-electron chi connectivity index (χ4n) is 2.00. The predicted octanol–water partition coefficient (Wildman–Crippen LogP) is 5.05. The van der Waals surface area contributed by atoms with Crippen molar-refractivity contribution < 1.29 is 4.74 Å². The average Bonchev–Trinajstić information content (AvgIpc) is 2.44. The minimum atomic E-state index is 0.744. The van der Waals surface area contributed by atoms with Gasteiger partial charge in [-0.25, -0.2) is 0 Å². The first-order valence-corrected chi connectivity index (χ1v) is 7.07. The van der Waals surface area contributed by atoms with E-state index in [2.05, 4.69) is 30.3 Å². The lowest BCUT2D eigenvalue weighted by Gasteiger charge is -2.09. The maximum absolute atomic E-state index is 6.05. The lowest BCUT2D eigenvalue weighted by Crippen LogP contribution is -1.99. The third kappa shape index (κ3) is 4.29. The van der Waals surface area contributed by atoms with Crippen LogP contribution in [0.3, 0.4) is 0 Å². The van der Waals surface area contributed by atoms with Crippen LogP contribution in [0.1, 0.15) is 24.0 Å². The monoisotopic (exact) mass is 274 g/mol. The van der Waals surface area contributed by atoms with Crippen LogP contribution in [0.4, 0.5) is 0 Å². The van der Waals surface area contributed by atoms with Crippen molar-refractivity contribution in [1.82, 2.24) is 0 Å². The number of halogens is 1. The van der Waals surface area contributed by atoms with Crippen LogP contribution in [0.25, 0.3) is 0 Å². The molecule has 0 aromatic heterocycles. The number of aryl methyl sites for hydroxylation is 1. The number of hydrogen-bond donors (Lipinski definition) is 0. The molecular weight excluding hydrogens is 256 g/mol. The van der Waals surface area contributed by atoms with E-state index >= 15 is 0 Å². The van der Waals surface area contributed by atoms with Crippen LogP contribution < -0.4 is 4.74 Å². The van der Waals surface area contributed by atoms with Crippen LogP contribution in [0.15, 0.2) is 48.5 Å². The van der Waals surface area contributed by atoms with Crippen molar-refractivity contribution in [3.05, 3.63) is 64.7 Å². The van der Waals surface area contributed by atoms with E-state index in [-0.39, 0.29) is 0 Å². The summed E-state index contributed by atoms with van der Waals surface area (Å²) in [6.45, 7) is 2.73. The highest BCUT2D eigenvalue weighted by Gasteiger charge is 2.02. The van der Waals surface area contributed by atoms with Crippen LogP contribution in [0.2, 0.25) is 5.02 Å². The van der Waals surface area contributed by atoms with Crippen molar-refractivity contribution in [2.24, 2.45) is 0 Å². The molecule has 2 aromatic carbocycles. The first-order valence-electron chi connectivity index (χ1n) is 6.69. The molecule has 0 saturated carbocycles. The van der Waals surface area contributed by atoms with E-state index < -0.39 is 0 Å². The first-order chi connectivity index (χ1) is 9.27. The van der Waals surface area contributed by atoms with Gasteiger partial charge in [-0.15, -0.1) is 0 Å². The SMILES string of the molecule is Cc1c(Cl)cccc1OCCCCc1ccccc1. The highest BCUT2D eigenvalue weighted by molar-refractivity contribution is 6.31. The summed E-state index contributed by atoms with van der Waals surface area (Å²) in [6.07, 6.45) is 3.31. The largest absolute Gasteiger partial charge is 0.493 e. The highest BCUT2D eigenvalue weighted by atomic mass is 35.5. The molecule has 0 bridgehead atoms. The van der Waals surface area contributed by atoms with E-state index in [0.717, 1.165) is 42.2 Å². The predicted molar refractivity (Wildman–Crippen MR) is 81.1 cm³/mol. The molecule has 0 saturated heterocycles. The lowest BCUT2D eigenvalue weighted by molar-refractivity contribution is 0.305. The number of rotatable bonds is 6. The summed E-state index contributed by atoms with van der Waals surface area (Å²) in [4.78, 5) is 0. The van der Waals surface area contributed by atoms with E-state index in [4.69, 9.17) is 16.3 Å². The Kier molecular flexibility index (Phi) is 5.29. The standard InChI is InChI=1S/C17H19ClO/c1-14-16(18)11-7-12-17(14)19-13-6-5-10-15-8-3-2-4-9-15/h2-4,7-9,11-12H,5-6,10,13H2,1H3. The number of unbranched alkanes of at least 4 members (excludes halogenated alkanes) is 1. The molecule has 100 valence electrons. The van der Waals surface area contributed by atoms with Gasteiger partial charge in [-0.2, -0.15) is 0 Å². The van der Waals surface area contributed by atoms with Crippen molar-refractivity contribution in [1.29, 1.82) is 0 Å². The zero-order valence-electron chi connectivity index (χ0n) is 11.2. The topological polar surface area (TPSA) is 9.23 Å². The van der Waals surface area contributed by atoms with Gasteiger partial charge in [0.1, 0.15) is 5.75 Å². The summed E-state index contributed by atoms with van der Waals surface area (Å²) >= 11 is 6.05.